The van der Waals surface area contributed by atoms with Crippen molar-refractivity contribution >= 4 is 18.0 Å². The predicted molar refractivity (Wildman–Crippen MR) is 115 cm³/mol. The maximum atomic E-state index is 13.0. The average molecular weight is 412 g/mol. The van der Waals surface area contributed by atoms with Gasteiger partial charge in [-0.05, 0) is 49.1 Å². The van der Waals surface area contributed by atoms with Crippen LogP contribution in [-0.4, -0.2) is 66.6 Å². The van der Waals surface area contributed by atoms with Crippen molar-refractivity contribution in [1.82, 2.24) is 9.88 Å². The largest absolute Gasteiger partial charge is 0.497 e. The third-order valence-corrected chi connectivity index (χ3v) is 5.57. The summed E-state index contributed by atoms with van der Waals surface area (Å²) in [6.45, 7) is 2.46. The van der Waals surface area contributed by atoms with Crippen molar-refractivity contribution in [3.8, 4) is 5.75 Å². The standard InChI is InChI=1S/C23H29N3O4/c1-30-19-10-8-18(9-11-19)5-4-6-20(21(28)17-27)23(29)26-15-13-25(14-16-26)22-7-2-3-12-24-22/h2-3,7-12,17,20-21,28H,4-6,13-16H2,1H3. The van der Waals surface area contributed by atoms with E-state index in [2.05, 4.69) is 9.88 Å². The topological polar surface area (TPSA) is 83.0 Å². The summed E-state index contributed by atoms with van der Waals surface area (Å²) in [6.07, 6.45) is 2.90. The van der Waals surface area contributed by atoms with Gasteiger partial charge in [0, 0.05) is 32.4 Å². The number of amides is 1. The number of nitrogens with zero attached hydrogens (tertiary/aromatic N) is 3. The van der Waals surface area contributed by atoms with Crippen molar-refractivity contribution in [3.05, 3.63) is 54.2 Å². The molecular weight excluding hydrogens is 382 g/mol. The summed E-state index contributed by atoms with van der Waals surface area (Å²) in [7, 11) is 1.63. The molecule has 7 heteroatoms. The van der Waals surface area contributed by atoms with Gasteiger partial charge in [0.2, 0.25) is 5.91 Å². The number of ether oxygens (including phenoxy) is 1. The van der Waals surface area contributed by atoms with E-state index < -0.39 is 12.0 Å². The van der Waals surface area contributed by atoms with E-state index in [1.807, 2.05) is 42.5 Å². The first-order chi connectivity index (χ1) is 14.6. The summed E-state index contributed by atoms with van der Waals surface area (Å²) in [5, 5.41) is 10.2. The molecule has 0 saturated carbocycles. The first-order valence-electron chi connectivity index (χ1n) is 10.3. The number of rotatable bonds is 9. The zero-order valence-electron chi connectivity index (χ0n) is 17.3. The molecule has 7 nitrogen and oxygen atoms in total. The average Bonchev–Trinajstić information content (AvgIpc) is 2.82. The van der Waals surface area contributed by atoms with E-state index >= 15 is 0 Å². The van der Waals surface area contributed by atoms with Crippen LogP contribution in [0.15, 0.2) is 48.7 Å². The van der Waals surface area contributed by atoms with Crippen LogP contribution in [0, 0.1) is 5.92 Å². The van der Waals surface area contributed by atoms with E-state index in [1.54, 1.807) is 18.2 Å². The Balaban J connectivity index is 1.54. The number of aromatic nitrogens is 1. The van der Waals surface area contributed by atoms with E-state index in [1.165, 1.54) is 0 Å². The molecule has 3 rings (SSSR count). The Bertz CT molecular complexity index is 805. The lowest BCUT2D eigenvalue weighted by Gasteiger charge is -2.37. The molecule has 1 aromatic carbocycles. The van der Waals surface area contributed by atoms with Crippen molar-refractivity contribution in [2.45, 2.75) is 25.4 Å². The molecule has 2 unspecified atom stereocenters. The molecule has 2 atom stereocenters. The number of aliphatic hydroxyl groups is 1. The van der Waals surface area contributed by atoms with Crippen molar-refractivity contribution in [3.63, 3.8) is 0 Å². The zero-order chi connectivity index (χ0) is 21.3. The van der Waals surface area contributed by atoms with Gasteiger partial charge in [0.05, 0.1) is 13.0 Å². The summed E-state index contributed by atoms with van der Waals surface area (Å²) in [5.74, 6) is 0.841. The number of carbonyl (C=O) groups excluding carboxylic acids is 2. The number of piperazine rings is 1. The Morgan fingerprint density at radius 2 is 1.90 bits per heavy atom. The number of benzene rings is 1. The maximum absolute atomic E-state index is 13.0. The van der Waals surface area contributed by atoms with Gasteiger partial charge in [-0.25, -0.2) is 4.98 Å². The van der Waals surface area contributed by atoms with Crippen molar-refractivity contribution in [2.24, 2.45) is 5.92 Å². The van der Waals surface area contributed by atoms with Gasteiger partial charge < -0.3 is 24.4 Å². The fraction of sp³-hybridized carbons (Fsp3) is 0.435. The minimum atomic E-state index is -1.28. The number of aryl methyl sites for hydroxylation is 1. The number of anilines is 1. The summed E-state index contributed by atoms with van der Waals surface area (Å²) in [6, 6.07) is 13.6. The third kappa shape index (κ3) is 5.57. The van der Waals surface area contributed by atoms with Crippen molar-refractivity contribution < 1.29 is 19.4 Å². The Morgan fingerprint density at radius 1 is 1.17 bits per heavy atom. The molecule has 1 amide bonds. The molecule has 1 fully saturated rings. The lowest BCUT2D eigenvalue weighted by molar-refractivity contribution is -0.142. The minimum absolute atomic E-state index is 0.148. The van der Waals surface area contributed by atoms with Crippen LogP contribution >= 0.6 is 0 Å². The van der Waals surface area contributed by atoms with Crippen LogP contribution < -0.4 is 9.64 Å². The van der Waals surface area contributed by atoms with Crippen LogP contribution in [0.1, 0.15) is 18.4 Å². The number of aldehydes is 1. The summed E-state index contributed by atoms with van der Waals surface area (Å²) in [5.41, 5.74) is 1.13. The van der Waals surface area contributed by atoms with Crippen LogP contribution in [0.25, 0.3) is 0 Å². The number of methoxy groups -OCH3 is 1. The monoisotopic (exact) mass is 411 g/mol. The molecule has 0 spiro atoms. The Morgan fingerprint density at radius 3 is 2.50 bits per heavy atom. The maximum Gasteiger partial charge on any atom is 0.228 e. The highest BCUT2D eigenvalue weighted by Gasteiger charge is 2.32. The molecule has 1 N–H and O–H groups in total. The quantitative estimate of drug-likeness (QED) is 0.635. The Kier molecular flexibility index (Phi) is 7.79. The lowest BCUT2D eigenvalue weighted by Crippen LogP contribution is -2.52. The molecule has 0 bridgehead atoms. The van der Waals surface area contributed by atoms with Crippen molar-refractivity contribution in [2.75, 3.05) is 38.2 Å². The van der Waals surface area contributed by atoms with Crippen LogP contribution in [0.3, 0.4) is 0 Å². The van der Waals surface area contributed by atoms with Crippen LogP contribution in [0.2, 0.25) is 0 Å². The molecule has 1 aliphatic rings. The van der Waals surface area contributed by atoms with Gasteiger partial charge >= 0.3 is 0 Å². The molecule has 30 heavy (non-hydrogen) atoms. The minimum Gasteiger partial charge on any atom is -0.497 e. The van der Waals surface area contributed by atoms with E-state index in [9.17, 15) is 14.7 Å². The molecule has 1 saturated heterocycles. The highest BCUT2D eigenvalue weighted by molar-refractivity contribution is 5.83. The van der Waals surface area contributed by atoms with Crippen molar-refractivity contribution in [1.29, 1.82) is 0 Å². The van der Waals surface area contributed by atoms with Gasteiger partial charge in [0.15, 0.2) is 0 Å². The van der Waals surface area contributed by atoms with Gasteiger partial charge in [0.25, 0.3) is 0 Å². The molecular formula is C23H29N3O4. The Hall–Kier alpha value is -2.93. The second-order valence-corrected chi connectivity index (χ2v) is 7.47. The summed E-state index contributed by atoms with van der Waals surface area (Å²) < 4.78 is 5.16. The smallest absolute Gasteiger partial charge is 0.228 e. The molecule has 1 aliphatic heterocycles. The second kappa shape index (κ2) is 10.7. The zero-order valence-corrected chi connectivity index (χ0v) is 17.3. The SMILES string of the molecule is COc1ccc(CCCC(C(=O)N2CCN(c3ccccn3)CC2)C(O)C=O)cc1. The highest BCUT2D eigenvalue weighted by atomic mass is 16.5. The molecule has 2 aromatic rings. The predicted octanol–water partition coefficient (Wildman–Crippen LogP) is 1.94. The molecule has 0 aliphatic carbocycles. The number of carbonyl (C=O) groups is 2. The first-order valence-corrected chi connectivity index (χ1v) is 10.3. The van der Waals surface area contributed by atoms with Crippen LogP contribution in [0.5, 0.6) is 5.75 Å². The fourth-order valence-corrected chi connectivity index (χ4v) is 3.78. The van der Waals surface area contributed by atoms with E-state index in [4.69, 9.17) is 4.74 Å². The van der Waals surface area contributed by atoms with Gasteiger partial charge in [-0.15, -0.1) is 0 Å². The second-order valence-electron chi connectivity index (χ2n) is 7.47. The van der Waals surface area contributed by atoms with Gasteiger partial charge in [-0.2, -0.15) is 0 Å². The van der Waals surface area contributed by atoms with E-state index in [-0.39, 0.29) is 5.91 Å². The molecule has 2 heterocycles. The molecule has 0 radical (unpaired) electrons. The number of hydrogen-bond donors (Lipinski definition) is 1. The number of hydrogen-bond acceptors (Lipinski definition) is 6. The lowest BCUT2D eigenvalue weighted by atomic mass is 9.93. The fourth-order valence-electron chi connectivity index (χ4n) is 3.78. The highest BCUT2D eigenvalue weighted by Crippen LogP contribution is 2.20. The number of aliphatic hydroxyl groups excluding tert-OH is 1. The molecule has 160 valence electrons. The van der Waals surface area contributed by atoms with Gasteiger partial charge in [-0.1, -0.05) is 18.2 Å². The normalized spacial score (nSPS) is 16.1. The van der Waals surface area contributed by atoms with Crippen LogP contribution in [0.4, 0.5) is 5.82 Å². The van der Waals surface area contributed by atoms with Crippen LogP contribution in [-0.2, 0) is 16.0 Å². The summed E-state index contributed by atoms with van der Waals surface area (Å²) >= 11 is 0. The third-order valence-electron chi connectivity index (χ3n) is 5.57. The molecule has 1 aromatic heterocycles. The summed E-state index contributed by atoms with van der Waals surface area (Å²) in [4.78, 5) is 32.5. The Labute approximate surface area is 177 Å². The van der Waals surface area contributed by atoms with Gasteiger partial charge in [-0.3, -0.25) is 4.79 Å². The first kappa shape index (κ1) is 21.8. The number of pyridine rings is 1. The van der Waals surface area contributed by atoms with Gasteiger partial charge in [0.1, 0.15) is 24.0 Å². The van der Waals surface area contributed by atoms with E-state index in [0.717, 1.165) is 23.6 Å². The van der Waals surface area contributed by atoms with E-state index in [0.29, 0.717) is 45.3 Å².